The summed E-state index contributed by atoms with van der Waals surface area (Å²) in [4.78, 5) is 0. The third-order valence-corrected chi connectivity index (χ3v) is 3.56. The summed E-state index contributed by atoms with van der Waals surface area (Å²) in [7, 11) is 0. The van der Waals surface area contributed by atoms with Crippen molar-refractivity contribution in [2.24, 2.45) is 0 Å². The first kappa shape index (κ1) is 10.3. The minimum atomic E-state index is 0.605. The second kappa shape index (κ2) is 4.21. The van der Waals surface area contributed by atoms with Gasteiger partial charge in [-0.05, 0) is 28.7 Å². The maximum Gasteiger partial charge on any atom is 0.00248 e. The lowest BCUT2D eigenvalue weighted by Gasteiger charge is -2.11. The maximum absolute atomic E-state index is 2.33. The van der Waals surface area contributed by atoms with E-state index >= 15 is 0 Å². The Morgan fingerprint density at radius 2 is 1.76 bits per heavy atom. The zero-order valence-corrected chi connectivity index (χ0v) is 10.1. The van der Waals surface area contributed by atoms with Crippen molar-refractivity contribution < 1.29 is 0 Å². The lowest BCUT2D eigenvalue weighted by Crippen LogP contribution is -1.92. The molecule has 3 rings (SSSR count). The number of rotatable bonds is 2. The molecule has 0 N–H and O–H groups in total. The van der Waals surface area contributed by atoms with Gasteiger partial charge in [0.2, 0.25) is 0 Å². The van der Waals surface area contributed by atoms with Crippen LogP contribution in [0, 0.1) is 0 Å². The van der Waals surface area contributed by atoms with Gasteiger partial charge in [-0.15, -0.1) is 0 Å². The molecule has 0 radical (unpaired) electrons. The van der Waals surface area contributed by atoms with Crippen LogP contribution in [-0.4, -0.2) is 0 Å². The van der Waals surface area contributed by atoms with Crippen LogP contribution in [0.25, 0.3) is 17.2 Å². The molecule has 1 atom stereocenters. The molecule has 84 valence electrons. The molecule has 2 aromatic carbocycles. The molecule has 0 heterocycles. The lowest BCUT2D eigenvalue weighted by atomic mass is 9.93. The highest BCUT2D eigenvalue weighted by molar-refractivity contribution is 5.80. The highest BCUT2D eigenvalue weighted by atomic mass is 14.2. The smallest absolute Gasteiger partial charge is 0.00248 e. The number of hydrogen-bond donors (Lipinski definition) is 0. The van der Waals surface area contributed by atoms with E-state index in [2.05, 4.69) is 67.6 Å². The fraction of sp³-hybridized carbons (Fsp3) is 0.176. The van der Waals surface area contributed by atoms with E-state index in [1.807, 2.05) is 0 Å². The van der Waals surface area contributed by atoms with Gasteiger partial charge in [-0.3, -0.25) is 0 Å². The summed E-state index contributed by atoms with van der Waals surface area (Å²) in [5.41, 5.74) is 5.56. The molecule has 0 aromatic heterocycles. The Labute approximate surface area is 103 Å². The van der Waals surface area contributed by atoms with E-state index in [1.54, 1.807) is 0 Å². The fourth-order valence-electron chi connectivity index (χ4n) is 2.63. The van der Waals surface area contributed by atoms with Crippen molar-refractivity contribution in [3.8, 4) is 11.1 Å². The zero-order chi connectivity index (χ0) is 11.7. The van der Waals surface area contributed by atoms with Crippen LogP contribution in [0.2, 0.25) is 0 Å². The predicted molar refractivity (Wildman–Crippen MR) is 73.9 cm³/mol. The Morgan fingerprint density at radius 1 is 0.941 bits per heavy atom. The summed E-state index contributed by atoms with van der Waals surface area (Å²) in [6.07, 6.45) is 5.80. The first-order valence-electron chi connectivity index (χ1n) is 6.26. The van der Waals surface area contributed by atoms with E-state index < -0.39 is 0 Å². The molecule has 1 aliphatic carbocycles. The molecule has 1 aliphatic rings. The maximum atomic E-state index is 2.33. The first-order valence-corrected chi connectivity index (χ1v) is 6.26. The number of benzene rings is 2. The highest BCUT2D eigenvalue weighted by Gasteiger charge is 2.18. The SMILES string of the molecule is CCC1C=Cc2c(-c3ccccc3)cccc21. The van der Waals surface area contributed by atoms with E-state index in [-0.39, 0.29) is 0 Å². The van der Waals surface area contributed by atoms with Gasteiger partial charge in [0.05, 0.1) is 0 Å². The van der Waals surface area contributed by atoms with Crippen LogP contribution < -0.4 is 0 Å². The van der Waals surface area contributed by atoms with Crippen molar-refractivity contribution in [2.45, 2.75) is 19.3 Å². The van der Waals surface area contributed by atoms with Crippen molar-refractivity contribution in [1.29, 1.82) is 0 Å². The normalized spacial score (nSPS) is 17.1. The van der Waals surface area contributed by atoms with Crippen LogP contribution in [0.4, 0.5) is 0 Å². The summed E-state index contributed by atoms with van der Waals surface area (Å²) in [5.74, 6) is 0.605. The topological polar surface area (TPSA) is 0 Å². The zero-order valence-electron chi connectivity index (χ0n) is 10.1. The Kier molecular flexibility index (Phi) is 2.56. The standard InChI is InChI=1S/C17H16/c1-2-13-11-12-17-15(13)9-6-10-16(17)14-7-4-3-5-8-14/h3-13H,2H2,1H3. The minimum absolute atomic E-state index is 0.605. The molecule has 0 heteroatoms. The predicted octanol–water partition coefficient (Wildman–Crippen LogP) is 4.87. The fourth-order valence-corrected chi connectivity index (χ4v) is 2.63. The molecule has 1 unspecified atom stereocenters. The largest absolute Gasteiger partial charge is 0.0764 e. The Hall–Kier alpha value is -1.82. The first-order chi connectivity index (χ1) is 8.40. The molecule has 0 amide bonds. The van der Waals surface area contributed by atoms with Crippen LogP contribution in [0.3, 0.4) is 0 Å². The Bertz CT molecular complexity index is 550. The summed E-state index contributed by atoms with van der Waals surface area (Å²) < 4.78 is 0. The van der Waals surface area contributed by atoms with Gasteiger partial charge in [-0.1, -0.05) is 67.6 Å². The minimum Gasteiger partial charge on any atom is -0.0764 e. The highest BCUT2D eigenvalue weighted by Crippen LogP contribution is 2.37. The van der Waals surface area contributed by atoms with E-state index in [0.29, 0.717) is 5.92 Å². The number of hydrogen-bond acceptors (Lipinski definition) is 0. The molecule has 0 spiro atoms. The third-order valence-electron chi connectivity index (χ3n) is 3.56. The molecular weight excluding hydrogens is 204 g/mol. The van der Waals surface area contributed by atoms with Crippen LogP contribution in [0.15, 0.2) is 54.6 Å². The van der Waals surface area contributed by atoms with Crippen molar-refractivity contribution in [3.05, 3.63) is 65.7 Å². The van der Waals surface area contributed by atoms with Gasteiger partial charge in [0.15, 0.2) is 0 Å². The Balaban J connectivity index is 2.15. The van der Waals surface area contributed by atoms with E-state index in [1.165, 1.54) is 28.7 Å². The van der Waals surface area contributed by atoms with Crippen molar-refractivity contribution in [1.82, 2.24) is 0 Å². The molecule has 0 saturated carbocycles. The molecular formula is C17H16. The number of fused-ring (bicyclic) bond motifs is 1. The summed E-state index contributed by atoms with van der Waals surface area (Å²) in [6, 6.07) is 17.3. The summed E-state index contributed by atoms with van der Waals surface area (Å²) in [6.45, 7) is 2.25. The van der Waals surface area contributed by atoms with Crippen LogP contribution in [0.5, 0.6) is 0 Å². The summed E-state index contributed by atoms with van der Waals surface area (Å²) in [5, 5.41) is 0. The van der Waals surface area contributed by atoms with Gasteiger partial charge in [0.25, 0.3) is 0 Å². The van der Waals surface area contributed by atoms with Gasteiger partial charge in [0, 0.05) is 5.92 Å². The van der Waals surface area contributed by atoms with Gasteiger partial charge in [-0.25, -0.2) is 0 Å². The van der Waals surface area contributed by atoms with E-state index in [0.717, 1.165) is 0 Å². The van der Waals surface area contributed by atoms with Gasteiger partial charge >= 0.3 is 0 Å². The third kappa shape index (κ3) is 1.70. The molecule has 0 aliphatic heterocycles. The lowest BCUT2D eigenvalue weighted by molar-refractivity contribution is 0.818. The van der Waals surface area contributed by atoms with E-state index in [4.69, 9.17) is 0 Å². The molecule has 0 saturated heterocycles. The molecule has 17 heavy (non-hydrogen) atoms. The molecule has 2 aromatic rings. The number of allylic oxidation sites excluding steroid dienone is 1. The van der Waals surface area contributed by atoms with Gasteiger partial charge < -0.3 is 0 Å². The average Bonchev–Trinajstić information content (AvgIpc) is 2.82. The summed E-state index contributed by atoms with van der Waals surface area (Å²) >= 11 is 0. The average molecular weight is 220 g/mol. The van der Waals surface area contributed by atoms with Crippen molar-refractivity contribution >= 4 is 6.08 Å². The van der Waals surface area contributed by atoms with Crippen LogP contribution in [-0.2, 0) is 0 Å². The second-order valence-corrected chi connectivity index (χ2v) is 4.55. The second-order valence-electron chi connectivity index (χ2n) is 4.55. The molecule has 0 fully saturated rings. The van der Waals surface area contributed by atoms with Crippen molar-refractivity contribution in [3.63, 3.8) is 0 Å². The van der Waals surface area contributed by atoms with Gasteiger partial charge in [-0.2, -0.15) is 0 Å². The van der Waals surface area contributed by atoms with Crippen LogP contribution in [0.1, 0.15) is 30.4 Å². The van der Waals surface area contributed by atoms with Gasteiger partial charge in [0.1, 0.15) is 0 Å². The van der Waals surface area contributed by atoms with Crippen molar-refractivity contribution in [2.75, 3.05) is 0 Å². The molecule has 0 bridgehead atoms. The Morgan fingerprint density at radius 3 is 2.53 bits per heavy atom. The quantitative estimate of drug-likeness (QED) is 0.677. The van der Waals surface area contributed by atoms with E-state index in [9.17, 15) is 0 Å². The van der Waals surface area contributed by atoms with Crippen LogP contribution >= 0.6 is 0 Å². The molecule has 0 nitrogen and oxygen atoms in total. The monoisotopic (exact) mass is 220 g/mol.